The fourth-order valence-corrected chi connectivity index (χ4v) is 6.65. The molecule has 2 unspecified atom stereocenters. The first kappa shape index (κ1) is 55.1. The second-order valence-electron chi connectivity index (χ2n) is 15.5. The van der Waals surface area contributed by atoms with Crippen molar-refractivity contribution in [2.24, 2.45) is 4.99 Å². The standard InChI is InChI=1S/C30H28N2O5.C7H5NO3.C7H9N.C7H6N.C7H6O/c1-37-27-18-16-25(17-19-27)31(30(34)23-11-6-3-7-12-23)29(24-13-8-14-26(21-24)32(35)36)28(33)20-15-22-9-4-2-5-10-22;9-5-6-2-1-3-7(4-6)8(10)11;1-6-2-4-7(8)5-3-6;1-8-7-5-3-2-4-6-7;8-6-7-4-2-1-3-5-7/h2-14,16-19,21,29-30,34H,15,20H2,1H3;1-5H;2-5H,8H2,1H3;2*1-6H/q;;;+1;. The number of hydrogen-bond acceptors (Lipinski definition) is 12. The van der Waals surface area contributed by atoms with Gasteiger partial charge in [0.2, 0.25) is 5.69 Å². The van der Waals surface area contributed by atoms with Crippen molar-refractivity contribution in [3.63, 3.8) is 0 Å². The first-order valence-electron chi connectivity index (χ1n) is 22.3. The number of nitro groups is 2. The molecule has 14 nitrogen and oxygen atoms in total. The summed E-state index contributed by atoms with van der Waals surface area (Å²) >= 11 is 0. The normalized spacial score (nSPS) is 10.6. The topological polar surface area (TPSA) is 209 Å². The molecule has 2 atom stereocenters. The Labute approximate surface area is 418 Å². The fraction of sp³-hybridized carbons (Fsp3) is 0.103. The number of para-hydroxylation sites is 1. The van der Waals surface area contributed by atoms with E-state index in [9.17, 15) is 39.7 Å². The van der Waals surface area contributed by atoms with Gasteiger partial charge < -0.3 is 20.5 Å². The maximum atomic E-state index is 13.9. The Bertz CT molecular complexity index is 2840. The third-order valence-corrected chi connectivity index (χ3v) is 10.3. The Balaban J connectivity index is 0.000000255. The van der Waals surface area contributed by atoms with Crippen LogP contribution >= 0.6 is 0 Å². The number of nitrogens with two attached hydrogens (primary N) is 1. The van der Waals surface area contributed by atoms with Crippen molar-refractivity contribution in [2.75, 3.05) is 17.7 Å². The number of nitro benzene ring substituents is 2. The number of aliphatic hydroxyl groups is 1. The molecule has 0 heterocycles. The van der Waals surface area contributed by atoms with E-state index in [1.807, 2.05) is 128 Å². The number of rotatable bonds is 15. The molecule has 8 aromatic rings. The molecule has 0 saturated heterocycles. The van der Waals surface area contributed by atoms with Gasteiger partial charge in [-0.2, -0.15) is 0 Å². The number of nitrogen functional groups attached to an aromatic ring is 1. The number of anilines is 2. The van der Waals surface area contributed by atoms with Crippen LogP contribution in [0.15, 0.2) is 223 Å². The number of aldehydes is 2. The van der Waals surface area contributed by atoms with Crippen LogP contribution in [0, 0.1) is 27.2 Å². The summed E-state index contributed by atoms with van der Waals surface area (Å²) in [6.07, 6.45) is 0.904. The van der Waals surface area contributed by atoms with Gasteiger partial charge in [-0.15, -0.1) is 0 Å². The lowest BCUT2D eigenvalue weighted by Crippen LogP contribution is -2.37. The number of ether oxygens (including phenoxy) is 1. The lowest BCUT2D eigenvalue weighted by Gasteiger charge is -2.37. The van der Waals surface area contributed by atoms with Gasteiger partial charge in [-0.3, -0.25) is 34.6 Å². The van der Waals surface area contributed by atoms with Crippen LogP contribution in [0.1, 0.15) is 61.7 Å². The zero-order valence-electron chi connectivity index (χ0n) is 39.7. The van der Waals surface area contributed by atoms with E-state index in [4.69, 9.17) is 17.2 Å². The molecule has 0 amide bonds. The number of methoxy groups -OCH3 is 1. The van der Waals surface area contributed by atoms with E-state index in [0.717, 1.165) is 28.8 Å². The van der Waals surface area contributed by atoms with E-state index in [1.165, 1.54) is 42.0 Å². The molecule has 0 radical (unpaired) electrons. The summed E-state index contributed by atoms with van der Waals surface area (Å²) in [7, 11) is 1.56. The van der Waals surface area contributed by atoms with E-state index >= 15 is 0 Å². The second kappa shape index (κ2) is 30.1. The van der Waals surface area contributed by atoms with E-state index in [0.29, 0.717) is 40.8 Å². The molecule has 0 bridgehead atoms. The second-order valence-corrected chi connectivity index (χ2v) is 15.5. The predicted octanol–water partition coefficient (Wildman–Crippen LogP) is 12.4. The third-order valence-electron chi connectivity index (χ3n) is 10.3. The Hall–Kier alpha value is -9.49. The summed E-state index contributed by atoms with van der Waals surface area (Å²) < 4.78 is 5.29. The Morgan fingerprint density at radius 3 is 1.62 bits per heavy atom. The quantitative estimate of drug-likeness (QED) is 0.0188. The Morgan fingerprint density at radius 2 is 1.14 bits per heavy atom. The van der Waals surface area contributed by atoms with Gasteiger partial charge in [0.1, 0.15) is 24.4 Å². The number of carbonyl (C=O) groups excluding carboxylic acids is 3. The highest BCUT2D eigenvalue weighted by Gasteiger charge is 2.34. The Kier molecular flexibility index (Phi) is 23.0. The third kappa shape index (κ3) is 18.5. The number of Topliss-reactive ketones (excluding diaryl/α,β-unsaturated/α-hetero) is 1. The van der Waals surface area contributed by atoms with Gasteiger partial charge in [0.05, 0.1) is 17.0 Å². The summed E-state index contributed by atoms with van der Waals surface area (Å²) in [4.78, 5) is 59.9. The summed E-state index contributed by atoms with van der Waals surface area (Å²) in [5, 5.41) is 33.3. The van der Waals surface area contributed by atoms with E-state index < -0.39 is 22.1 Å². The summed E-state index contributed by atoms with van der Waals surface area (Å²) in [6, 6.07) is 62.6. The number of nitrogens with zero attached hydrogens (tertiary/aromatic N) is 4. The molecule has 0 aromatic heterocycles. The number of aliphatic hydroxyl groups excluding tert-OH is 1. The molecule has 0 spiro atoms. The molecule has 8 rings (SSSR count). The van der Waals surface area contributed by atoms with Crippen molar-refractivity contribution in [2.45, 2.75) is 32.0 Å². The number of aryl methyl sites for hydroxylation is 2. The van der Waals surface area contributed by atoms with Crippen molar-refractivity contribution < 1.29 is 34.1 Å². The van der Waals surface area contributed by atoms with Gasteiger partial charge in [0.25, 0.3) is 11.4 Å². The number of benzene rings is 8. The largest absolute Gasteiger partial charge is 0.497 e. The molecule has 8 aromatic carbocycles. The lowest BCUT2D eigenvalue weighted by molar-refractivity contribution is -0.385. The minimum atomic E-state index is -1.19. The van der Waals surface area contributed by atoms with E-state index in [1.54, 1.807) is 72.7 Å². The Morgan fingerprint density at radius 1 is 0.653 bits per heavy atom. The zero-order valence-corrected chi connectivity index (χ0v) is 39.7. The summed E-state index contributed by atoms with van der Waals surface area (Å²) in [5.74, 6) is 0.454. The molecular formula is C58H54N5O9+. The van der Waals surface area contributed by atoms with E-state index in [2.05, 4.69) is 4.99 Å². The van der Waals surface area contributed by atoms with Crippen LogP contribution in [0.3, 0.4) is 0 Å². The minimum absolute atomic E-state index is 0.0606. The van der Waals surface area contributed by atoms with Crippen LogP contribution in [0.5, 0.6) is 5.75 Å². The summed E-state index contributed by atoms with van der Waals surface area (Å²) in [5.41, 5.74) is 11.8. The SMILES string of the molecule is COc1ccc(N(C(O)c2ccccc2)C(C(=O)CCc2ccccc2)c2cccc([N+](=O)[O-])c2)cc1.Cc1ccc(N)cc1.O=Cc1cccc([N+](=O)[O-])c1.O=Cc1ccccc1.[CH+]=Nc1ccccc1. The van der Waals surface area contributed by atoms with Crippen LogP contribution in [0.25, 0.3) is 0 Å². The molecular weight excluding hydrogens is 911 g/mol. The molecule has 14 heteroatoms. The number of non-ortho nitro benzene ring substituents is 2. The molecule has 0 fully saturated rings. The number of ketones is 1. The molecule has 0 aliphatic carbocycles. The van der Waals surface area contributed by atoms with Crippen molar-refractivity contribution in [1.29, 1.82) is 0 Å². The van der Waals surface area contributed by atoms with E-state index in [-0.39, 0.29) is 23.6 Å². The summed E-state index contributed by atoms with van der Waals surface area (Å²) in [6.45, 7) is 7.02. The monoisotopic (exact) mass is 964 g/mol. The smallest absolute Gasteiger partial charge is 0.270 e. The van der Waals surface area contributed by atoms with Gasteiger partial charge in [0, 0.05) is 70.9 Å². The van der Waals surface area contributed by atoms with Crippen LogP contribution < -0.4 is 15.4 Å². The molecule has 72 heavy (non-hydrogen) atoms. The minimum Gasteiger partial charge on any atom is -0.497 e. The highest BCUT2D eigenvalue weighted by molar-refractivity contribution is 5.89. The maximum Gasteiger partial charge on any atom is 0.270 e. The highest BCUT2D eigenvalue weighted by atomic mass is 16.6. The van der Waals surface area contributed by atoms with Crippen LogP contribution in [-0.2, 0) is 11.2 Å². The van der Waals surface area contributed by atoms with Crippen molar-refractivity contribution in [1.82, 2.24) is 0 Å². The molecule has 3 N–H and O–H groups in total. The van der Waals surface area contributed by atoms with Gasteiger partial charge in [-0.25, -0.2) is 0 Å². The molecule has 0 aliphatic heterocycles. The van der Waals surface area contributed by atoms with Crippen LogP contribution in [0.4, 0.5) is 28.4 Å². The predicted molar refractivity (Wildman–Crippen MR) is 283 cm³/mol. The first-order valence-corrected chi connectivity index (χ1v) is 22.3. The fourth-order valence-electron chi connectivity index (χ4n) is 6.65. The van der Waals surface area contributed by atoms with Gasteiger partial charge in [-0.05, 0) is 78.0 Å². The average molecular weight is 965 g/mol. The lowest BCUT2D eigenvalue weighted by atomic mass is 9.94. The van der Waals surface area contributed by atoms with Gasteiger partial charge >= 0.3 is 0 Å². The molecule has 0 saturated carbocycles. The van der Waals surface area contributed by atoms with Crippen LogP contribution in [-0.4, -0.2) is 47.1 Å². The highest BCUT2D eigenvalue weighted by Crippen LogP contribution is 2.38. The van der Waals surface area contributed by atoms with Gasteiger partial charge in [0.15, 0.2) is 18.7 Å². The van der Waals surface area contributed by atoms with Crippen molar-refractivity contribution in [3.8, 4) is 5.75 Å². The van der Waals surface area contributed by atoms with Gasteiger partial charge in [-0.1, -0.05) is 139 Å². The molecule has 364 valence electrons. The first-order chi connectivity index (χ1) is 34.9. The molecule has 0 aliphatic rings. The van der Waals surface area contributed by atoms with Crippen molar-refractivity contribution >= 4 is 53.5 Å². The maximum absolute atomic E-state index is 13.9. The zero-order chi connectivity index (χ0) is 52.1. The number of aliphatic imine (C=N–C) groups is 1. The van der Waals surface area contributed by atoms with Crippen LogP contribution in [0.2, 0.25) is 0 Å². The average Bonchev–Trinajstić information content (AvgIpc) is 3.44. The number of hydrogen-bond donors (Lipinski definition) is 2. The number of carbonyl (C=O) groups is 3. The van der Waals surface area contributed by atoms with Crippen molar-refractivity contribution in [3.05, 3.63) is 272 Å².